The Hall–Kier alpha value is -2.35. The van der Waals surface area contributed by atoms with Gasteiger partial charge in [-0.2, -0.15) is 0 Å². The highest BCUT2D eigenvalue weighted by Gasteiger charge is 2.23. The Kier molecular flexibility index (Phi) is 2.92. The molecule has 0 aliphatic rings. The molecule has 0 N–H and O–H groups in total. The van der Waals surface area contributed by atoms with Crippen LogP contribution in [-0.2, 0) is 6.42 Å². The van der Waals surface area contributed by atoms with Crippen LogP contribution in [0.2, 0.25) is 0 Å². The van der Waals surface area contributed by atoms with Crippen molar-refractivity contribution in [2.24, 2.45) is 0 Å². The van der Waals surface area contributed by atoms with Gasteiger partial charge in [-0.25, -0.2) is 0 Å². The Bertz CT molecular complexity index is 687. The van der Waals surface area contributed by atoms with Gasteiger partial charge in [0.1, 0.15) is 5.75 Å². The third-order valence-electron chi connectivity index (χ3n) is 3.34. The monoisotopic (exact) mass is 250 g/mol. The summed E-state index contributed by atoms with van der Waals surface area (Å²) < 4.78 is 5.12. The normalized spacial score (nSPS) is 10.8. The Balaban J connectivity index is 1.80. The Morgan fingerprint density at radius 3 is 2.26 bits per heavy atom. The summed E-state index contributed by atoms with van der Waals surface area (Å²) in [6.45, 7) is 0. The number of methoxy groups -OCH3 is 1. The van der Waals surface area contributed by atoms with Gasteiger partial charge in [-0.3, -0.25) is 4.79 Å². The lowest BCUT2D eigenvalue weighted by molar-refractivity contribution is 0.414. The predicted octanol–water partition coefficient (Wildman–Crippen LogP) is 3.19. The molecule has 0 saturated carbocycles. The second-order valence-electron chi connectivity index (χ2n) is 4.57. The van der Waals surface area contributed by atoms with Gasteiger partial charge in [-0.05, 0) is 23.3 Å². The quantitative estimate of drug-likeness (QED) is 0.710. The highest BCUT2D eigenvalue weighted by Crippen LogP contribution is 2.27. The van der Waals surface area contributed by atoms with Crippen LogP contribution in [0.3, 0.4) is 0 Å². The van der Waals surface area contributed by atoms with E-state index in [0.29, 0.717) is 6.42 Å². The second-order valence-corrected chi connectivity index (χ2v) is 4.57. The average Bonchev–Trinajstić information content (AvgIpc) is 3.10. The molecule has 0 spiro atoms. The number of ether oxygens (including phenoxy) is 1. The zero-order valence-corrected chi connectivity index (χ0v) is 10.7. The Labute approximate surface area is 112 Å². The molecule has 2 heteroatoms. The molecule has 0 radical (unpaired) electrons. The Morgan fingerprint density at radius 1 is 0.947 bits per heavy atom. The molecule has 0 saturated heterocycles. The minimum absolute atomic E-state index is 0.196. The second kappa shape index (κ2) is 4.73. The summed E-state index contributed by atoms with van der Waals surface area (Å²) in [4.78, 5) is 11.8. The van der Waals surface area contributed by atoms with Gasteiger partial charge in [-0.15, -0.1) is 0 Å². The molecule has 0 fully saturated rings. The van der Waals surface area contributed by atoms with Crippen LogP contribution in [0.25, 0.3) is 11.1 Å². The van der Waals surface area contributed by atoms with Crippen LogP contribution >= 0.6 is 0 Å². The summed E-state index contributed by atoms with van der Waals surface area (Å²) >= 11 is 0. The molecule has 0 aliphatic carbocycles. The molecule has 0 aliphatic heterocycles. The molecule has 0 unspecified atom stereocenters. The summed E-state index contributed by atoms with van der Waals surface area (Å²) in [5.41, 5.74) is 4.17. The number of rotatable bonds is 4. The molecule has 0 aromatic heterocycles. The van der Waals surface area contributed by atoms with Crippen molar-refractivity contribution in [1.82, 2.24) is 0 Å². The molecule has 0 atom stereocenters. The van der Waals surface area contributed by atoms with Crippen molar-refractivity contribution in [3.63, 3.8) is 0 Å². The van der Waals surface area contributed by atoms with Crippen molar-refractivity contribution >= 4 is 0 Å². The van der Waals surface area contributed by atoms with E-state index in [1.807, 2.05) is 54.6 Å². The summed E-state index contributed by atoms with van der Waals surface area (Å²) in [6.07, 6.45) is 0.701. The smallest absolute Gasteiger partial charge is 0.191 e. The molecule has 94 valence electrons. The lowest BCUT2D eigenvalue weighted by atomic mass is 10.1. The van der Waals surface area contributed by atoms with Crippen LogP contribution in [0, 0.1) is 0 Å². The first-order chi connectivity index (χ1) is 9.29. The molecule has 3 rings (SSSR count). The first kappa shape index (κ1) is 11.7. The number of hydrogen-bond donors (Lipinski definition) is 0. The molecular weight excluding hydrogens is 236 g/mol. The maximum Gasteiger partial charge on any atom is 0.191 e. The lowest BCUT2D eigenvalue weighted by Gasteiger charge is -2.00. The van der Waals surface area contributed by atoms with E-state index in [-0.39, 0.29) is 5.43 Å². The molecule has 19 heavy (non-hydrogen) atoms. The minimum atomic E-state index is 0.196. The van der Waals surface area contributed by atoms with Crippen LogP contribution < -0.4 is 10.2 Å². The molecular formula is C17H14O2. The van der Waals surface area contributed by atoms with Gasteiger partial charge in [-0.1, -0.05) is 42.5 Å². The van der Waals surface area contributed by atoms with Crippen LogP contribution in [-0.4, -0.2) is 7.11 Å². The fraction of sp³-hybridized carbons (Fsp3) is 0.118. The van der Waals surface area contributed by atoms with Crippen LogP contribution in [0.1, 0.15) is 11.1 Å². The van der Waals surface area contributed by atoms with Gasteiger partial charge in [0, 0.05) is 17.5 Å². The predicted molar refractivity (Wildman–Crippen MR) is 76.3 cm³/mol. The van der Waals surface area contributed by atoms with Crippen LogP contribution in [0.5, 0.6) is 5.75 Å². The molecule has 3 aromatic carbocycles. The van der Waals surface area contributed by atoms with E-state index < -0.39 is 0 Å². The summed E-state index contributed by atoms with van der Waals surface area (Å²) in [7, 11) is 1.65. The topological polar surface area (TPSA) is 26.3 Å². The molecule has 3 aromatic rings. The van der Waals surface area contributed by atoms with Crippen LogP contribution in [0.4, 0.5) is 0 Å². The van der Waals surface area contributed by atoms with Gasteiger partial charge in [0.05, 0.1) is 7.11 Å². The maximum absolute atomic E-state index is 11.8. The van der Waals surface area contributed by atoms with Gasteiger partial charge in [0.2, 0.25) is 0 Å². The van der Waals surface area contributed by atoms with E-state index in [9.17, 15) is 4.79 Å². The van der Waals surface area contributed by atoms with Crippen molar-refractivity contribution < 1.29 is 4.74 Å². The van der Waals surface area contributed by atoms with Gasteiger partial charge >= 0.3 is 0 Å². The highest BCUT2D eigenvalue weighted by atomic mass is 16.5. The van der Waals surface area contributed by atoms with Crippen LogP contribution in [0.15, 0.2) is 59.4 Å². The third-order valence-corrected chi connectivity index (χ3v) is 3.34. The zero-order chi connectivity index (χ0) is 13.2. The SMILES string of the molecule is COc1ccc(Cc2c(-c3ccccc3)c2=O)cc1. The van der Waals surface area contributed by atoms with E-state index in [1.165, 1.54) is 0 Å². The van der Waals surface area contributed by atoms with E-state index >= 15 is 0 Å². The lowest BCUT2D eigenvalue weighted by Crippen LogP contribution is -1.87. The third kappa shape index (κ3) is 2.29. The molecule has 0 heterocycles. The van der Waals surface area contributed by atoms with E-state index in [4.69, 9.17) is 4.74 Å². The van der Waals surface area contributed by atoms with E-state index in [1.54, 1.807) is 7.11 Å². The first-order valence-corrected chi connectivity index (χ1v) is 6.26. The minimum Gasteiger partial charge on any atom is -0.497 e. The van der Waals surface area contributed by atoms with E-state index in [2.05, 4.69) is 0 Å². The summed E-state index contributed by atoms with van der Waals surface area (Å²) in [6, 6.07) is 17.7. The van der Waals surface area contributed by atoms with Crippen molar-refractivity contribution in [3.05, 3.63) is 75.9 Å². The van der Waals surface area contributed by atoms with Gasteiger partial charge in [0.25, 0.3) is 0 Å². The summed E-state index contributed by atoms with van der Waals surface area (Å²) in [5, 5.41) is 0. The first-order valence-electron chi connectivity index (χ1n) is 6.26. The number of hydrogen-bond acceptors (Lipinski definition) is 2. The van der Waals surface area contributed by atoms with Crippen molar-refractivity contribution in [3.8, 4) is 16.9 Å². The summed E-state index contributed by atoms with van der Waals surface area (Å²) in [5.74, 6) is 0.836. The molecule has 0 amide bonds. The average molecular weight is 250 g/mol. The van der Waals surface area contributed by atoms with Crippen molar-refractivity contribution in [2.45, 2.75) is 6.42 Å². The van der Waals surface area contributed by atoms with Crippen molar-refractivity contribution in [2.75, 3.05) is 7.11 Å². The fourth-order valence-corrected chi connectivity index (χ4v) is 2.23. The molecule has 0 bridgehead atoms. The maximum atomic E-state index is 11.8. The van der Waals surface area contributed by atoms with Gasteiger partial charge in [0.15, 0.2) is 5.43 Å². The number of benzene rings is 2. The Morgan fingerprint density at radius 2 is 1.63 bits per heavy atom. The standard InChI is InChI=1S/C17H14O2/c1-19-14-9-7-12(8-10-14)11-15-16(17(15)18)13-5-3-2-4-6-13/h2-10H,11H2,1H3. The molecule has 2 nitrogen and oxygen atoms in total. The fourth-order valence-electron chi connectivity index (χ4n) is 2.23. The van der Waals surface area contributed by atoms with Crippen molar-refractivity contribution in [1.29, 1.82) is 0 Å². The highest BCUT2D eigenvalue weighted by molar-refractivity contribution is 5.76. The largest absolute Gasteiger partial charge is 0.497 e. The van der Waals surface area contributed by atoms with E-state index in [0.717, 1.165) is 28.0 Å². The zero-order valence-electron chi connectivity index (χ0n) is 10.7. The van der Waals surface area contributed by atoms with Gasteiger partial charge < -0.3 is 4.74 Å².